The molecule has 144 valence electrons. The zero-order chi connectivity index (χ0) is 18.5. The molecule has 2 aromatic carbocycles. The number of hydrogen-bond donors (Lipinski definition) is 0. The zero-order valence-electron chi connectivity index (χ0n) is 16.1. The highest BCUT2D eigenvalue weighted by atomic mass is 35.5. The molecule has 0 N–H and O–H groups in total. The number of nitrogens with zero attached hydrogens (tertiary/aromatic N) is 3. The summed E-state index contributed by atoms with van der Waals surface area (Å²) in [6.07, 6.45) is 2.75. The summed E-state index contributed by atoms with van der Waals surface area (Å²) in [5, 5.41) is 0.810. The van der Waals surface area contributed by atoms with Crippen molar-refractivity contribution in [2.45, 2.75) is 25.4 Å². The minimum Gasteiger partial charge on any atom is -0.302 e. The Labute approximate surface area is 168 Å². The Kier molecular flexibility index (Phi) is 6.46. The molecule has 0 bridgehead atoms. The number of rotatable bonds is 6. The summed E-state index contributed by atoms with van der Waals surface area (Å²) in [7, 11) is 0. The van der Waals surface area contributed by atoms with Gasteiger partial charge in [0.25, 0.3) is 0 Å². The number of hydrogen-bond acceptors (Lipinski definition) is 3. The Morgan fingerprint density at radius 2 is 1.48 bits per heavy atom. The number of piperazine rings is 1. The molecule has 0 aliphatic carbocycles. The third-order valence-electron chi connectivity index (χ3n) is 5.99. The highest BCUT2D eigenvalue weighted by molar-refractivity contribution is 6.30. The summed E-state index contributed by atoms with van der Waals surface area (Å²) in [6.45, 7) is 9.36. The molecule has 2 aliphatic rings. The second-order valence-electron chi connectivity index (χ2n) is 7.87. The maximum absolute atomic E-state index is 6.06. The van der Waals surface area contributed by atoms with Gasteiger partial charge in [0.05, 0.1) is 0 Å². The molecule has 4 rings (SSSR count). The third-order valence-corrected chi connectivity index (χ3v) is 6.24. The fourth-order valence-electron chi connectivity index (χ4n) is 4.37. The van der Waals surface area contributed by atoms with Crippen LogP contribution in [-0.4, -0.2) is 60.5 Å². The van der Waals surface area contributed by atoms with Gasteiger partial charge in [-0.2, -0.15) is 0 Å². The molecule has 2 aromatic rings. The Bertz CT molecular complexity index is 697. The summed E-state index contributed by atoms with van der Waals surface area (Å²) in [5.41, 5.74) is 2.77. The van der Waals surface area contributed by atoms with Crippen molar-refractivity contribution in [2.24, 2.45) is 0 Å². The van der Waals surface area contributed by atoms with Gasteiger partial charge in [-0.1, -0.05) is 54.1 Å². The van der Waals surface area contributed by atoms with Gasteiger partial charge >= 0.3 is 0 Å². The van der Waals surface area contributed by atoms with Crippen LogP contribution in [0.2, 0.25) is 5.02 Å². The first-order valence-corrected chi connectivity index (χ1v) is 10.6. The molecule has 0 saturated carbocycles. The summed E-state index contributed by atoms with van der Waals surface area (Å²) in [6, 6.07) is 19.8. The van der Waals surface area contributed by atoms with E-state index in [-0.39, 0.29) is 0 Å². The van der Waals surface area contributed by atoms with Crippen LogP contribution >= 0.6 is 11.6 Å². The van der Waals surface area contributed by atoms with Gasteiger partial charge in [-0.05, 0) is 49.2 Å². The lowest BCUT2D eigenvalue weighted by atomic mass is 10.0. The maximum atomic E-state index is 6.06. The van der Waals surface area contributed by atoms with E-state index in [1.54, 1.807) is 0 Å². The molecule has 0 amide bonds. The van der Waals surface area contributed by atoms with Gasteiger partial charge in [-0.3, -0.25) is 9.80 Å². The smallest absolute Gasteiger partial charge is 0.0479 e. The average molecular weight is 384 g/mol. The van der Waals surface area contributed by atoms with E-state index in [9.17, 15) is 0 Å². The first-order valence-electron chi connectivity index (χ1n) is 10.3. The Morgan fingerprint density at radius 1 is 0.778 bits per heavy atom. The van der Waals surface area contributed by atoms with Crippen molar-refractivity contribution >= 4 is 11.6 Å². The van der Waals surface area contributed by atoms with Crippen LogP contribution in [0.25, 0.3) is 0 Å². The largest absolute Gasteiger partial charge is 0.302 e. The summed E-state index contributed by atoms with van der Waals surface area (Å²) in [5.74, 6) is 0. The van der Waals surface area contributed by atoms with Crippen LogP contribution in [0.4, 0.5) is 0 Å². The van der Waals surface area contributed by atoms with Crippen LogP contribution in [0, 0.1) is 0 Å². The fourth-order valence-corrected chi connectivity index (χ4v) is 4.50. The van der Waals surface area contributed by atoms with Crippen molar-refractivity contribution in [2.75, 3.05) is 45.8 Å². The van der Waals surface area contributed by atoms with Crippen molar-refractivity contribution in [3.63, 3.8) is 0 Å². The zero-order valence-corrected chi connectivity index (χ0v) is 16.8. The van der Waals surface area contributed by atoms with E-state index in [2.05, 4.69) is 57.2 Å². The Morgan fingerprint density at radius 3 is 2.22 bits per heavy atom. The SMILES string of the molecule is Clc1ccc(CN2CCN(CCN3CCCC3)CC2c2ccccc2)cc1. The molecular formula is C23H30ClN3. The molecule has 3 nitrogen and oxygen atoms in total. The van der Waals surface area contributed by atoms with Gasteiger partial charge in [0.1, 0.15) is 0 Å². The standard InChI is InChI=1S/C23H30ClN3/c24-22-10-8-20(9-11-22)18-27-17-16-26(15-14-25-12-4-5-13-25)19-23(27)21-6-2-1-3-7-21/h1-3,6-11,23H,4-5,12-19H2. The normalized spacial score (nSPS) is 22.3. The minimum absolute atomic E-state index is 0.453. The molecule has 2 fully saturated rings. The maximum Gasteiger partial charge on any atom is 0.0479 e. The first-order chi connectivity index (χ1) is 13.3. The van der Waals surface area contributed by atoms with Crippen molar-refractivity contribution in [1.82, 2.24) is 14.7 Å². The molecule has 27 heavy (non-hydrogen) atoms. The second kappa shape index (κ2) is 9.20. The van der Waals surface area contributed by atoms with Crippen molar-refractivity contribution in [3.05, 3.63) is 70.7 Å². The van der Waals surface area contributed by atoms with Crippen LogP contribution in [0.5, 0.6) is 0 Å². The highest BCUT2D eigenvalue weighted by Gasteiger charge is 2.28. The Hall–Kier alpha value is -1.39. The number of halogens is 1. The van der Waals surface area contributed by atoms with E-state index in [1.807, 2.05) is 12.1 Å². The topological polar surface area (TPSA) is 9.72 Å². The van der Waals surface area contributed by atoms with Crippen molar-refractivity contribution < 1.29 is 0 Å². The van der Waals surface area contributed by atoms with Gasteiger partial charge in [0.2, 0.25) is 0 Å². The van der Waals surface area contributed by atoms with Crippen LogP contribution in [-0.2, 0) is 6.54 Å². The van der Waals surface area contributed by atoms with E-state index in [0.717, 1.165) is 31.2 Å². The predicted molar refractivity (Wildman–Crippen MR) is 113 cm³/mol. The molecule has 2 saturated heterocycles. The predicted octanol–water partition coefficient (Wildman–Crippen LogP) is 4.29. The average Bonchev–Trinajstić information content (AvgIpc) is 3.23. The van der Waals surface area contributed by atoms with E-state index >= 15 is 0 Å². The molecule has 0 aromatic heterocycles. The van der Waals surface area contributed by atoms with Gasteiger partial charge in [-0.15, -0.1) is 0 Å². The van der Waals surface area contributed by atoms with Crippen molar-refractivity contribution in [1.29, 1.82) is 0 Å². The minimum atomic E-state index is 0.453. The molecule has 0 spiro atoms. The first kappa shape index (κ1) is 18.9. The number of benzene rings is 2. The second-order valence-corrected chi connectivity index (χ2v) is 8.31. The monoisotopic (exact) mass is 383 g/mol. The molecule has 1 atom stereocenters. The quantitative estimate of drug-likeness (QED) is 0.736. The molecule has 4 heteroatoms. The summed E-state index contributed by atoms with van der Waals surface area (Å²) in [4.78, 5) is 7.91. The molecule has 1 unspecified atom stereocenters. The van der Waals surface area contributed by atoms with Crippen LogP contribution in [0.1, 0.15) is 30.0 Å². The Balaban J connectivity index is 1.43. The van der Waals surface area contributed by atoms with E-state index in [1.165, 1.54) is 50.1 Å². The number of likely N-dealkylation sites (tertiary alicyclic amines) is 1. The van der Waals surface area contributed by atoms with Gasteiger partial charge in [0.15, 0.2) is 0 Å². The molecule has 0 radical (unpaired) electrons. The van der Waals surface area contributed by atoms with E-state index in [0.29, 0.717) is 6.04 Å². The van der Waals surface area contributed by atoms with Crippen LogP contribution < -0.4 is 0 Å². The van der Waals surface area contributed by atoms with Crippen LogP contribution in [0.3, 0.4) is 0 Å². The fraction of sp³-hybridized carbons (Fsp3) is 0.478. The summed E-state index contributed by atoms with van der Waals surface area (Å²) < 4.78 is 0. The third kappa shape index (κ3) is 5.11. The van der Waals surface area contributed by atoms with E-state index in [4.69, 9.17) is 11.6 Å². The highest BCUT2D eigenvalue weighted by Crippen LogP contribution is 2.27. The van der Waals surface area contributed by atoms with E-state index < -0.39 is 0 Å². The van der Waals surface area contributed by atoms with Gasteiger partial charge < -0.3 is 4.90 Å². The van der Waals surface area contributed by atoms with Crippen molar-refractivity contribution in [3.8, 4) is 0 Å². The molecule has 2 aliphatic heterocycles. The summed E-state index contributed by atoms with van der Waals surface area (Å²) >= 11 is 6.06. The molecular weight excluding hydrogens is 354 g/mol. The lowest BCUT2D eigenvalue weighted by molar-refractivity contribution is 0.0629. The lowest BCUT2D eigenvalue weighted by Gasteiger charge is -2.42. The lowest BCUT2D eigenvalue weighted by Crippen LogP contribution is -2.49. The van der Waals surface area contributed by atoms with Gasteiger partial charge in [0, 0.05) is 50.3 Å². The van der Waals surface area contributed by atoms with Crippen LogP contribution in [0.15, 0.2) is 54.6 Å². The van der Waals surface area contributed by atoms with Gasteiger partial charge in [-0.25, -0.2) is 0 Å². The molecule has 2 heterocycles.